The third kappa shape index (κ3) is 4.24. The maximum Gasteiger partial charge on any atom is 0.417 e. The first kappa shape index (κ1) is 15.4. The number of hydrogen-bond acceptors (Lipinski definition) is 2. The molecule has 6 heteroatoms. The maximum atomic E-state index is 13.1. The first-order valence-corrected chi connectivity index (χ1v) is 6.61. The molecule has 0 spiro atoms. The van der Waals surface area contributed by atoms with Crippen molar-refractivity contribution in [1.29, 1.82) is 0 Å². The minimum absolute atomic E-state index is 0.145. The standard InChI is InChI=1S/C15H16F3NO2/c1-19(9-10-2-3-10)12-6-4-11(5-7-14(20)21)13(8-12)15(16,17)18/h4-8,10H,2-3,9H2,1H3,(H,20,21)/b7-5+. The Morgan fingerprint density at radius 3 is 2.62 bits per heavy atom. The average molecular weight is 299 g/mol. The van der Waals surface area contributed by atoms with E-state index in [1.165, 1.54) is 6.07 Å². The predicted molar refractivity (Wildman–Crippen MR) is 74.1 cm³/mol. The highest BCUT2D eigenvalue weighted by Gasteiger charge is 2.33. The van der Waals surface area contributed by atoms with Crippen LogP contribution < -0.4 is 4.90 Å². The molecule has 0 aromatic heterocycles. The highest BCUT2D eigenvalue weighted by molar-refractivity contribution is 5.85. The Bertz CT molecular complexity index is 563. The molecule has 0 bridgehead atoms. The summed E-state index contributed by atoms with van der Waals surface area (Å²) >= 11 is 0. The van der Waals surface area contributed by atoms with Gasteiger partial charge in [-0.3, -0.25) is 0 Å². The lowest BCUT2D eigenvalue weighted by Crippen LogP contribution is -2.20. The summed E-state index contributed by atoms with van der Waals surface area (Å²) in [6, 6.07) is 3.96. The van der Waals surface area contributed by atoms with Gasteiger partial charge in [0.1, 0.15) is 0 Å². The zero-order valence-electron chi connectivity index (χ0n) is 11.5. The summed E-state index contributed by atoms with van der Waals surface area (Å²) in [6.45, 7) is 0.738. The molecule has 1 aromatic rings. The molecule has 1 aromatic carbocycles. The van der Waals surface area contributed by atoms with Crippen molar-refractivity contribution < 1.29 is 23.1 Å². The molecule has 1 N–H and O–H groups in total. The molecule has 0 saturated heterocycles. The van der Waals surface area contributed by atoms with E-state index in [0.717, 1.165) is 31.5 Å². The van der Waals surface area contributed by atoms with Crippen LogP contribution in [-0.2, 0) is 11.0 Å². The van der Waals surface area contributed by atoms with Crippen molar-refractivity contribution >= 4 is 17.7 Å². The van der Waals surface area contributed by atoms with Crippen molar-refractivity contribution in [3.8, 4) is 0 Å². The molecule has 3 nitrogen and oxygen atoms in total. The van der Waals surface area contributed by atoms with Gasteiger partial charge in [0.15, 0.2) is 0 Å². The van der Waals surface area contributed by atoms with E-state index in [9.17, 15) is 18.0 Å². The number of rotatable bonds is 5. The van der Waals surface area contributed by atoms with Gasteiger partial charge in [0.25, 0.3) is 0 Å². The van der Waals surface area contributed by atoms with E-state index in [1.807, 2.05) is 0 Å². The average Bonchev–Trinajstić information content (AvgIpc) is 3.18. The number of carbonyl (C=O) groups is 1. The van der Waals surface area contributed by atoms with E-state index in [2.05, 4.69) is 0 Å². The number of benzene rings is 1. The van der Waals surface area contributed by atoms with E-state index >= 15 is 0 Å². The number of hydrogen-bond donors (Lipinski definition) is 1. The molecule has 2 rings (SSSR count). The van der Waals surface area contributed by atoms with Crippen LogP contribution in [0.1, 0.15) is 24.0 Å². The molecule has 1 saturated carbocycles. The summed E-state index contributed by atoms with van der Waals surface area (Å²) in [5.41, 5.74) is -0.477. The number of alkyl halides is 3. The van der Waals surface area contributed by atoms with Gasteiger partial charge < -0.3 is 10.0 Å². The quantitative estimate of drug-likeness (QED) is 0.844. The van der Waals surface area contributed by atoms with E-state index in [4.69, 9.17) is 5.11 Å². The maximum absolute atomic E-state index is 13.1. The van der Waals surface area contributed by atoms with Gasteiger partial charge >= 0.3 is 12.1 Å². The number of halogens is 3. The first-order chi connectivity index (χ1) is 9.77. The lowest BCUT2D eigenvalue weighted by atomic mass is 10.0. The second-order valence-corrected chi connectivity index (χ2v) is 5.26. The van der Waals surface area contributed by atoms with E-state index < -0.39 is 17.7 Å². The fourth-order valence-electron chi connectivity index (χ4n) is 2.13. The lowest BCUT2D eigenvalue weighted by Gasteiger charge is -2.21. The molecule has 1 fully saturated rings. The van der Waals surface area contributed by atoms with Gasteiger partial charge in [0.05, 0.1) is 5.56 Å². The minimum atomic E-state index is -4.52. The van der Waals surface area contributed by atoms with Crippen molar-refractivity contribution in [3.05, 3.63) is 35.4 Å². The fraction of sp³-hybridized carbons (Fsp3) is 0.400. The zero-order chi connectivity index (χ0) is 15.6. The molecule has 0 heterocycles. The van der Waals surface area contributed by atoms with Crippen LogP contribution >= 0.6 is 0 Å². The lowest BCUT2D eigenvalue weighted by molar-refractivity contribution is -0.137. The largest absolute Gasteiger partial charge is 0.478 e. The van der Waals surface area contributed by atoms with Gasteiger partial charge in [-0.15, -0.1) is 0 Å². The Labute approximate surface area is 120 Å². The van der Waals surface area contributed by atoms with Gasteiger partial charge in [0.2, 0.25) is 0 Å². The summed E-state index contributed by atoms with van der Waals surface area (Å²) < 4.78 is 39.3. The second-order valence-electron chi connectivity index (χ2n) is 5.26. The fourth-order valence-corrected chi connectivity index (χ4v) is 2.13. The third-order valence-corrected chi connectivity index (χ3v) is 3.42. The van der Waals surface area contributed by atoms with Crippen LogP contribution in [0.4, 0.5) is 18.9 Å². The van der Waals surface area contributed by atoms with Crippen LogP contribution in [0, 0.1) is 5.92 Å². The molecule has 0 atom stereocenters. The summed E-state index contributed by atoms with van der Waals surface area (Å²) in [4.78, 5) is 12.3. The Balaban J connectivity index is 2.31. The SMILES string of the molecule is CN(CC1CC1)c1ccc(/C=C/C(=O)O)c(C(F)(F)F)c1. The van der Waals surface area contributed by atoms with Gasteiger partial charge in [-0.2, -0.15) is 13.2 Å². The van der Waals surface area contributed by atoms with Crippen LogP contribution in [0.2, 0.25) is 0 Å². The molecular weight excluding hydrogens is 283 g/mol. The topological polar surface area (TPSA) is 40.5 Å². The smallest absolute Gasteiger partial charge is 0.417 e. The highest BCUT2D eigenvalue weighted by atomic mass is 19.4. The van der Waals surface area contributed by atoms with Gasteiger partial charge in [-0.1, -0.05) is 6.07 Å². The van der Waals surface area contributed by atoms with E-state index in [-0.39, 0.29) is 5.56 Å². The van der Waals surface area contributed by atoms with Crippen LogP contribution in [0.5, 0.6) is 0 Å². The van der Waals surface area contributed by atoms with Crippen molar-refractivity contribution in [2.75, 3.05) is 18.5 Å². The molecule has 114 valence electrons. The zero-order valence-corrected chi connectivity index (χ0v) is 11.5. The molecule has 1 aliphatic carbocycles. The number of carboxylic acids is 1. The molecule has 0 unspecified atom stereocenters. The van der Waals surface area contributed by atoms with Crippen molar-refractivity contribution in [2.45, 2.75) is 19.0 Å². The molecule has 0 amide bonds. The number of nitrogens with zero attached hydrogens (tertiary/aromatic N) is 1. The first-order valence-electron chi connectivity index (χ1n) is 6.61. The van der Waals surface area contributed by atoms with Crippen LogP contribution in [0.3, 0.4) is 0 Å². The predicted octanol–water partition coefficient (Wildman–Crippen LogP) is 3.65. The summed E-state index contributed by atoms with van der Waals surface area (Å²) in [5, 5.41) is 8.54. The number of carboxylic acid groups (broad SMARTS) is 1. The molecule has 0 radical (unpaired) electrons. The van der Waals surface area contributed by atoms with Crippen molar-refractivity contribution in [2.24, 2.45) is 5.92 Å². The van der Waals surface area contributed by atoms with Gasteiger partial charge in [-0.05, 0) is 42.5 Å². The Morgan fingerprint density at radius 1 is 1.43 bits per heavy atom. The Hall–Kier alpha value is -1.98. The molecule has 1 aliphatic rings. The number of aliphatic carboxylic acids is 1. The third-order valence-electron chi connectivity index (χ3n) is 3.42. The van der Waals surface area contributed by atoms with Crippen molar-refractivity contribution in [1.82, 2.24) is 0 Å². The van der Waals surface area contributed by atoms with Crippen molar-refractivity contribution in [3.63, 3.8) is 0 Å². The van der Waals surface area contributed by atoms with E-state index in [1.54, 1.807) is 18.0 Å². The van der Waals surface area contributed by atoms with Gasteiger partial charge in [-0.25, -0.2) is 4.79 Å². The second kappa shape index (κ2) is 5.79. The van der Waals surface area contributed by atoms with Crippen LogP contribution in [-0.4, -0.2) is 24.7 Å². The molecular formula is C15H16F3NO2. The van der Waals surface area contributed by atoms with Crippen LogP contribution in [0.25, 0.3) is 6.08 Å². The Kier molecular flexibility index (Phi) is 4.25. The van der Waals surface area contributed by atoms with Crippen LogP contribution in [0.15, 0.2) is 24.3 Å². The minimum Gasteiger partial charge on any atom is -0.478 e. The molecule has 0 aliphatic heterocycles. The summed E-state index contributed by atoms with van der Waals surface area (Å²) in [7, 11) is 1.76. The highest BCUT2D eigenvalue weighted by Crippen LogP contribution is 2.36. The summed E-state index contributed by atoms with van der Waals surface area (Å²) in [5.74, 6) is -0.714. The molecule has 21 heavy (non-hydrogen) atoms. The van der Waals surface area contributed by atoms with Gasteiger partial charge in [0, 0.05) is 25.4 Å². The normalized spacial score (nSPS) is 15.4. The Morgan fingerprint density at radius 2 is 2.10 bits per heavy atom. The van der Waals surface area contributed by atoms with E-state index in [0.29, 0.717) is 17.7 Å². The summed E-state index contributed by atoms with van der Waals surface area (Å²) in [6.07, 6.45) is -0.603. The monoisotopic (exact) mass is 299 g/mol. The number of anilines is 1.